The summed E-state index contributed by atoms with van der Waals surface area (Å²) in [6.45, 7) is 2.21. The number of hydrogen-bond donors (Lipinski definition) is 0. The number of rotatable bonds is 5. The van der Waals surface area contributed by atoms with Crippen molar-refractivity contribution in [2.24, 2.45) is 5.10 Å². The highest BCUT2D eigenvalue weighted by Crippen LogP contribution is 2.23. The number of halogens is 3. The van der Waals surface area contributed by atoms with Crippen LogP contribution < -0.4 is 10.3 Å². The van der Waals surface area contributed by atoms with Crippen molar-refractivity contribution in [3.63, 3.8) is 0 Å². The second-order valence-electron chi connectivity index (χ2n) is 6.79. The molecule has 0 aliphatic heterocycles. The van der Waals surface area contributed by atoms with Crippen LogP contribution in [0.2, 0.25) is 5.02 Å². The van der Waals surface area contributed by atoms with E-state index in [1.165, 1.54) is 4.68 Å². The quantitative estimate of drug-likeness (QED) is 0.201. The van der Waals surface area contributed by atoms with Crippen LogP contribution >= 0.6 is 50.1 Å². The van der Waals surface area contributed by atoms with Crippen LogP contribution in [0.3, 0.4) is 0 Å². The van der Waals surface area contributed by atoms with Gasteiger partial charge in [0.15, 0.2) is 0 Å². The van der Waals surface area contributed by atoms with Gasteiger partial charge in [0, 0.05) is 9.50 Å². The summed E-state index contributed by atoms with van der Waals surface area (Å²) in [6.07, 6.45) is 1.64. The minimum absolute atomic E-state index is 0.210. The first-order valence-corrected chi connectivity index (χ1v) is 11.6. The fraction of sp³-hybridized carbons (Fsp3) is 0.0870. The minimum Gasteiger partial charge on any atom is -0.488 e. The van der Waals surface area contributed by atoms with E-state index in [1.807, 2.05) is 54.6 Å². The van der Waals surface area contributed by atoms with E-state index in [0.29, 0.717) is 28.4 Å². The molecule has 31 heavy (non-hydrogen) atoms. The van der Waals surface area contributed by atoms with E-state index < -0.39 is 0 Å². The summed E-state index contributed by atoms with van der Waals surface area (Å²) in [4.78, 5) is 17.3. The summed E-state index contributed by atoms with van der Waals surface area (Å²) < 4.78 is 8.99. The van der Waals surface area contributed by atoms with Gasteiger partial charge in [0.2, 0.25) is 0 Å². The van der Waals surface area contributed by atoms with Crippen LogP contribution in [0.25, 0.3) is 10.9 Å². The van der Waals surface area contributed by atoms with Gasteiger partial charge in [-0.25, -0.2) is 4.98 Å². The van der Waals surface area contributed by atoms with Gasteiger partial charge in [-0.2, -0.15) is 9.78 Å². The summed E-state index contributed by atoms with van der Waals surface area (Å²) >= 11 is 11.5. The molecule has 0 fully saturated rings. The third-order valence-electron chi connectivity index (χ3n) is 4.56. The molecule has 0 aliphatic rings. The Bertz CT molecular complexity index is 1350. The van der Waals surface area contributed by atoms with Gasteiger partial charge in [0.05, 0.1) is 20.7 Å². The minimum atomic E-state index is -0.210. The number of aryl methyl sites for hydroxylation is 1. The van der Waals surface area contributed by atoms with Gasteiger partial charge < -0.3 is 4.74 Å². The second-order valence-corrected chi connectivity index (χ2v) is 9.30. The molecule has 0 saturated carbocycles. The second kappa shape index (κ2) is 9.50. The molecule has 1 aromatic heterocycles. The lowest BCUT2D eigenvalue weighted by Gasteiger charge is -2.09. The molecule has 0 radical (unpaired) electrons. The molecule has 0 unspecified atom stereocenters. The fourth-order valence-electron chi connectivity index (χ4n) is 2.98. The Kier molecular flexibility index (Phi) is 6.74. The molecule has 4 rings (SSSR count). The Morgan fingerprint density at radius 2 is 1.94 bits per heavy atom. The number of nitrogens with zero attached hydrogens (tertiary/aromatic N) is 3. The van der Waals surface area contributed by atoms with Crippen LogP contribution in [-0.4, -0.2) is 15.9 Å². The molecule has 4 aromatic rings. The van der Waals surface area contributed by atoms with E-state index in [-0.39, 0.29) is 5.56 Å². The van der Waals surface area contributed by atoms with E-state index >= 15 is 0 Å². The number of aromatic nitrogens is 2. The zero-order valence-electron chi connectivity index (χ0n) is 16.3. The van der Waals surface area contributed by atoms with Crippen LogP contribution in [0.15, 0.2) is 75.0 Å². The number of ether oxygens (including phenoxy) is 1. The summed E-state index contributed by atoms with van der Waals surface area (Å²) in [7, 11) is 0. The van der Waals surface area contributed by atoms with Crippen molar-refractivity contribution in [3.05, 3.63) is 101 Å². The lowest BCUT2D eigenvalue weighted by molar-refractivity contribution is 0.304. The molecular weight excluding hydrogens is 593 g/mol. The SMILES string of the molecule is Cc1nc2ccc(Br)cc2c(=O)n1N=Cc1ccc(OCc2ccc(Cl)cc2)c(I)c1. The van der Waals surface area contributed by atoms with Crippen LogP contribution in [-0.2, 0) is 6.61 Å². The van der Waals surface area contributed by atoms with Crippen molar-refractivity contribution in [2.75, 3.05) is 0 Å². The molecule has 0 spiro atoms. The predicted molar refractivity (Wildman–Crippen MR) is 136 cm³/mol. The first-order chi connectivity index (χ1) is 14.9. The Labute approximate surface area is 206 Å². The Morgan fingerprint density at radius 3 is 2.68 bits per heavy atom. The lowest BCUT2D eigenvalue weighted by Crippen LogP contribution is -2.20. The first kappa shape index (κ1) is 22.0. The molecule has 3 aromatic carbocycles. The maximum atomic E-state index is 12.8. The molecule has 0 amide bonds. The summed E-state index contributed by atoms with van der Waals surface area (Å²) in [6, 6.07) is 18.7. The smallest absolute Gasteiger partial charge is 0.282 e. The Balaban J connectivity index is 1.55. The van der Waals surface area contributed by atoms with Crippen molar-refractivity contribution < 1.29 is 4.74 Å². The highest BCUT2D eigenvalue weighted by molar-refractivity contribution is 14.1. The molecular formula is C23H16BrClIN3O2. The fourth-order valence-corrected chi connectivity index (χ4v) is 4.16. The highest BCUT2D eigenvalue weighted by atomic mass is 127. The average Bonchev–Trinajstić information content (AvgIpc) is 2.75. The van der Waals surface area contributed by atoms with Gasteiger partial charge in [-0.1, -0.05) is 39.7 Å². The number of hydrogen-bond acceptors (Lipinski definition) is 4. The van der Waals surface area contributed by atoms with Crippen LogP contribution in [0.1, 0.15) is 17.0 Å². The third kappa shape index (κ3) is 5.16. The molecule has 0 bridgehead atoms. The normalized spacial score (nSPS) is 11.4. The van der Waals surface area contributed by atoms with Crippen molar-refractivity contribution >= 4 is 67.2 Å². The maximum Gasteiger partial charge on any atom is 0.282 e. The van der Waals surface area contributed by atoms with Crippen LogP contribution in [0.5, 0.6) is 5.75 Å². The summed E-state index contributed by atoms with van der Waals surface area (Å²) in [5, 5.41) is 5.58. The van der Waals surface area contributed by atoms with E-state index in [9.17, 15) is 4.79 Å². The first-order valence-electron chi connectivity index (χ1n) is 9.31. The Morgan fingerprint density at radius 1 is 1.16 bits per heavy atom. The summed E-state index contributed by atoms with van der Waals surface area (Å²) in [5.41, 5.74) is 2.33. The average molecular weight is 609 g/mol. The van der Waals surface area contributed by atoms with E-state index in [0.717, 1.165) is 24.9 Å². The zero-order valence-corrected chi connectivity index (χ0v) is 20.8. The molecule has 156 valence electrons. The van der Waals surface area contributed by atoms with E-state index in [1.54, 1.807) is 19.2 Å². The van der Waals surface area contributed by atoms with Gasteiger partial charge in [0.25, 0.3) is 5.56 Å². The van der Waals surface area contributed by atoms with E-state index in [4.69, 9.17) is 16.3 Å². The third-order valence-corrected chi connectivity index (χ3v) is 6.14. The van der Waals surface area contributed by atoms with Crippen molar-refractivity contribution in [1.29, 1.82) is 0 Å². The topological polar surface area (TPSA) is 56.5 Å². The molecule has 8 heteroatoms. The maximum absolute atomic E-state index is 12.8. The van der Waals surface area contributed by atoms with Gasteiger partial charge in [-0.3, -0.25) is 4.79 Å². The van der Waals surface area contributed by atoms with Gasteiger partial charge >= 0.3 is 0 Å². The predicted octanol–water partition coefficient (Wildman–Crippen LogP) is 6.19. The zero-order chi connectivity index (χ0) is 22.0. The molecule has 1 heterocycles. The van der Waals surface area contributed by atoms with E-state index in [2.05, 4.69) is 48.6 Å². The molecule has 5 nitrogen and oxygen atoms in total. The molecule has 0 saturated heterocycles. The monoisotopic (exact) mass is 607 g/mol. The molecule has 0 atom stereocenters. The number of benzene rings is 3. The van der Waals surface area contributed by atoms with Gasteiger partial charge in [0.1, 0.15) is 18.2 Å². The molecule has 0 N–H and O–H groups in total. The van der Waals surface area contributed by atoms with Crippen molar-refractivity contribution in [2.45, 2.75) is 13.5 Å². The highest BCUT2D eigenvalue weighted by Gasteiger charge is 2.08. The molecule has 0 aliphatic carbocycles. The van der Waals surface area contributed by atoms with Crippen molar-refractivity contribution in [3.8, 4) is 5.75 Å². The number of fused-ring (bicyclic) bond motifs is 1. The van der Waals surface area contributed by atoms with Crippen LogP contribution in [0.4, 0.5) is 0 Å². The Hall–Kier alpha value is -2.23. The largest absolute Gasteiger partial charge is 0.488 e. The summed E-state index contributed by atoms with van der Waals surface area (Å²) in [5.74, 6) is 1.30. The van der Waals surface area contributed by atoms with Gasteiger partial charge in [-0.15, -0.1) is 0 Å². The lowest BCUT2D eigenvalue weighted by atomic mass is 10.2. The van der Waals surface area contributed by atoms with Crippen LogP contribution in [0, 0.1) is 10.5 Å². The standard InChI is InChI=1S/C23H16BrClIN3O2/c1-14-28-21-8-5-17(24)11-19(21)23(30)29(14)27-12-16-4-9-22(20(26)10-16)31-13-15-2-6-18(25)7-3-15/h2-12H,13H2,1H3. The van der Waals surface area contributed by atoms with Gasteiger partial charge in [-0.05, 0) is 89.2 Å². The van der Waals surface area contributed by atoms with Crippen molar-refractivity contribution in [1.82, 2.24) is 9.66 Å².